The van der Waals surface area contributed by atoms with Crippen LogP contribution in [0.3, 0.4) is 0 Å². The summed E-state index contributed by atoms with van der Waals surface area (Å²) >= 11 is 0. The number of aryl methyl sites for hydroxylation is 1. The molecule has 0 aromatic carbocycles. The zero-order chi connectivity index (χ0) is 9.97. The van der Waals surface area contributed by atoms with Crippen LogP contribution in [0.15, 0.2) is 28.4 Å². The lowest BCUT2D eigenvalue weighted by atomic mass is 9.99. The van der Waals surface area contributed by atoms with Crippen molar-refractivity contribution in [3.63, 3.8) is 0 Å². The van der Waals surface area contributed by atoms with E-state index in [4.69, 9.17) is 4.42 Å². The van der Waals surface area contributed by atoms with Crippen molar-refractivity contribution in [3.8, 4) is 0 Å². The summed E-state index contributed by atoms with van der Waals surface area (Å²) in [6.07, 6.45) is 7.86. The van der Waals surface area contributed by atoms with E-state index in [-0.39, 0.29) is 0 Å². The van der Waals surface area contributed by atoms with Crippen molar-refractivity contribution in [2.45, 2.75) is 32.2 Å². The molecule has 2 rings (SSSR count). The first-order valence-corrected chi connectivity index (χ1v) is 5.23. The van der Waals surface area contributed by atoms with Gasteiger partial charge in [-0.3, -0.25) is 0 Å². The lowest BCUT2D eigenvalue weighted by Gasteiger charge is -2.17. The molecule has 2 heteroatoms. The molecule has 0 saturated heterocycles. The molecule has 1 unspecified atom stereocenters. The van der Waals surface area contributed by atoms with E-state index in [9.17, 15) is 0 Å². The average molecular weight is 191 g/mol. The normalized spacial score (nSPS) is 18.3. The minimum absolute atomic E-state index is 0.358. The first-order chi connectivity index (χ1) is 6.83. The molecule has 0 amide bonds. The highest BCUT2D eigenvalue weighted by Crippen LogP contribution is 2.32. The van der Waals surface area contributed by atoms with Gasteiger partial charge in [0.15, 0.2) is 0 Å². The molecular formula is C12H17NO. The van der Waals surface area contributed by atoms with Gasteiger partial charge in [-0.1, -0.05) is 11.6 Å². The highest BCUT2D eigenvalue weighted by Gasteiger charge is 2.19. The third-order valence-corrected chi connectivity index (χ3v) is 2.95. The number of rotatable bonds is 3. The fourth-order valence-corrected chi connectivity index (χ4v) is 2.19. The van der Waals surface area contributed by atoms with Crippen LogP contribution in [-0.2, 0) is 0 Å². The van der Waals surface area contributed by atoms with Crippen molar-refractivity contribution in [1.29, 1.82) is 0 Å². The molecule has 0 bridgehead atoms. The average Bonchev–Trinajstić information content (AvgIpc) is 2.80. The van der Waals surface area contributed by atoms with Crippen LogP contribution in [0, 0.1) is 6.92 Å². The molecule has 2 nitrogen and oxygen atoms in total. The highest BCUT2D eigenvalue weighted by atomic mass is 16.3. The van der Waals surface area contributed by atoms with Crippen LogP contribution in [0.25, 0.3) is 0 Å². The van der Waals surface area contributed by atoms with E-state index in [1.54, 1.807) is 6.26 Å². The van der Waals surface area contributed by atoms with Gasteiger partial charge in [-0.25, -0.2) is 0 Å². The standard InChI is InChI=1S/C12H17NO/c1-9-11(7-8-14-9)12(13-2)10-5-3-4-6-10/h5,7-8,12-13H,3-4,6H2,1-2H3. The Morgan fingerprint density at radius 2 is 2.36 bits per heavy atom. The fourth-order valence-electron chi connectivity index (χ4n) is 2.19. The Labute approximate surface area is 85.0 Å². The predicted molar refractivity (Wildman–Crippen MR) is 57.2 cm³/mol. The summed E-state index contributed by atoms with van der Waals surface area (Å²) in [5, 5.41) is 3.36. The minimum atomic E-state index is 0.358. The molecule has 1 heterocycles. The SMILES string of the molecule is CNC(C1=CCCC1)c1ccoc1C. The van der Waals surface area contributed by atoms with Gasteiger partial charge < -0.3 is 9.73 Å². The van der Waals surface area contributed by atoms with Gasteiger partial charge in [0.25, 0.3) is 0 Å². The number of likely N-dealkylation sites (N-methyl/N-ethyl adjacent to an activating group) is 1. The van der Waals surface area contributed by atoms with Crippen LogP contribution in [-0.4, -0.2) is 7.05 Å². The van der Waals surface area contributed by atoms with E-state index in [0.29, 0.717) is 6.04 Å². The number of hydrogen-bond acceptors (Lipinski definition) is 2. The third kappa shape index (κ3) is 1.62. The summed E-state index contributed by atoms with van der Waals surface area (Å²) in [6.45, 7) is 2.02. The van der Waals surface area contributed by atoms with Crippen molar-refractivity contribution >= 4 is 0 Å². The topological polar surface area (TPSA) is 25.2 Å². The molecule has 1 N–H and O–H groups in total. The maximum absolute atomic E-state index is 5.34. The molecule has 0 fully saturated rings. The van der Waals surface area contributed by atoms with Gasteiger partial charge in [-0.15, -0.1) is 0 Å². The van der Waals surface area contributed by atoms with Gasteiger partial charge in [-0.2, -0.15) is 0 Å². The van der Waals surface area contributed by atoms with Crippen LogP contribution in [0.5, 0.6) is 0 Å². The van der Waals surface area contributed by atoms with Gasteiger partial charge >= 0.3 is 0 Å². The molecule has 14 heavy (non-hydrogen) atoms. The Morgan fingerprint density at radius 1 is 1.50 bits per heavy atom. The molecular weight excluding hydrogens is 174 g/mol. The quantitative estimate of drug-likeness (QED) is 0.743. The van der Waals surface area contributed by atoms with E-state index in [2.05, 4.69) is 17.5 Å². The molecule has 0 aliphatic heterocycles. The van der Waals surface area contributed by atoms with E-state index >= 15 is 0 Å². The van der Waals surface area contributed by atoms with Gasteiger partial charge in [0.05, 0.1) is 12.3 Å². The molecule has 1 aliphatic carbocycles. The second kappa shape index (κ2) is 4.01. The van der Waals surface area contributed by atoms with Crippen LogP contribution in [0.1, 0.15) is 36.6 Å². The third-order valence-electron chi connectivity index (χ3n) is 2.95. The molecule has 1 aromatic rings. The molecule has 1 atom stereocenters. The summed E-state index contributed by atoms with van der Waals surface area (Å²) in [5.74, 6) is 1.03. The lowest BCUT2D eigenvalue weighted by Crippen LogP contribution is -2.18. The van der Waals surface area contributed by atoms with Crippen LogP contribution >= 0.6 is 0 Å². The summed E-state index contributed by atoms with van der Waals surface area (Å²) in [7, 11) is 2.01. The Morgan fingerprint density at radius 3 is 2.86 bits per heavy atom. The summed E-state index contributed by atoms with van der Waals surface area (Å²) in [5.41, 5.74) is 2.79. The monoisotopic (exact) mass is 191 g/mol. The van der Waals surface area contributed by atoms with E-state index in [0.717, 1.165) is 5.76 Å². The molecule has 0 spiro atoms. The van der Waals surface area contributed by atoms with E-state index in [1.165, 1.54) is 30.4 Å². The van der Waals surface area contributed by atoms with Gasteiger partial charge in [0.1, 0.15) is 5.76 Å². The van der Waals surface area contributed by atoms with Crippen molar-refractivity contribution in [1.82, 2.24) is 5.32 Å². The summed E-state index contributed by atoms with van der Waals surface area (Å²) in [6, 6.07) is 2.42. The van der Waals surface area contributed by atoms with Crippen molar-refractivity contribution in [2.24, 2.45) is 0 Å². The van der Waals surface area contributed by atoms with Gasteiger partial charge in [0, 0.05) is 5.56 Å². The van der Waals surface area contributed by atoms with Gasteiger partial charge in [-0.05, 0) is 39.3 Å². The lowest BCUT2D eigenvalue weighted by molar-refractivity contribution is 0.521. The van der Waals surface area contributed by atoms with E-state index < -0.39 is 0 Å². The van der Waals surface area contributed by atoms with Gasteiger partial charge in [0.2, 0.25) is 0 Å². The molecule has 0 saturated carbocycles. The fraction of sp³-hybridized carbons (Fsp3) is 0.500. The first kappa shape index (κ1) is 9.53. The van der Waals surface area contributed by atoms with Crippen LogP contribution in [0.2, 0.25) is 0 Å². The zero-order valence-electron chi connectivity index (χ0n) is 8.84. The van der Waals surface area contributed by atoms with Crippen molar-refractivity contribution in [3.05, 3.63) is 35.3 Å². The maximum atomic E-state index is 5.34. The maximum Gasteiger partial charge on any atom is 0.105 e. The molecule has 1 aromatic heterocycles. The second-order valence-corrected chi connectivity index (χ2v) is 3.83. The number of allylic oxidation sites excluding steroid dienone is 1. The first-order valence-electron chi connectivity index (χ1n) is 5.23. The largest absolute Gasteiger partial charge is 0.469 e. The smallest absolute Gasteiger partial charge is 0.105 e. The summed E-state index contributed by atoms with van der Waals surface area (Å²) in [4.78, 5) is 0. The number of nitrogens with one attached hydrogen (secondary N) is 1. The Balaban J connectivity index is 2.25. The number of hydrogen-bond donors (Lipinski definition) is 1. The predicted octanol–water partition coefficient (Wildman–Crippen LogP) is 2.96. The summed E-state index contributed by atoms with van der Waals surface area (Å²) < 4.78 is 5.34. The molecule has 1 aliphatic rings. The second-order valence-electron chi connectivity index (χ2n) is 3.83. The highest BCUT2D eigenvalue weighted by molar-refractivity contribution is 5.30. The Hall–Kier alpha value is -1.02. The van der Waals surface area contributed by atoms with Crippen molar-refractivity contribution in [2.75, 3.05) is 7.05 Å². The van der Waals surface area contributed by atoms with Crippen molar-refractivity contribution < 1.29 is 4.42 Å². The molecule has 0 radical (unpaired) electrons. The zero-order valence-corrected chi connectivity index (χ0v) is 8.84. The van der Waals surface area contributed by atoms with Crippen LogP contribution in [0.4, 0.5) is 0 Å². The van der Waals surface area contributed by atoms with Crippen LogP contribution < -0.4 is 5.32 Å². The van der Waals surface area contributed by atoms with E-state index in [1.807, 2.05) is 14.0 Å². The minimum Gasteiger partial charge on any atom is -0.469 e. The Bertz CT molecular complexity index is 338. The molecule has 76 valence electrons. The Kier molecular flexibility index (Phi) is 2.73. The number of furan rings is 1.